The Morgan fingerprint density at radius 3 is 2.33 bits per heavy atom. The third-order valence-electron chi connectivity index (χ3n) is 3.10. The van der Waals surface area contributed by atoms with E-state index in [9.17, 15) is 14.0 Å². The van der Waals surface area contributed by atoms with Crippen molar-refractivity contribution in [3.63, 3.8) is 0 Å². The van der Waals surface area contributed by atoms with E-state index in [1.54, 1.807) is 29.6 Å². The van der Waals surface area contributed by atoms with E-state index >= 15 is 0 Å². The van der Waals surface area contributed by atoms with Crippen LogP contribution in [0.2, 0.25) is 0 Å². The highest BCUT2D eigenvalue weighted by Crippen LogP contribution is 2.18. The number of hydrogen-bond acceptors (Lipinski definition) is 4. The van der Waals surface area contributed by atoms with Crippen LogP contribution >= 0.6 is 11.3 Å². The molecular formula is C17H12FN3O2S. The van der Waals surface area contributed by atoms with E-state index in [1.807, 2.05) is 6.07 Å². The molecule has 7 heteroatoms. The Balaban J connectivity index is 1.65. The Kier molecular flexibility index (Phi) is 4.62. The highest BCUT2D eigenvalue weighted by atomic mass is 32.1. The Labute approximate surface area is 141 Å². The number of benzene rings is 2. The Hall–Kier alpha value is -3.06. The SMILES string of the molecule is O=C(Nc1nc(C(=O)Nc2ccc(F)cc2)cs1)c1ccccc1. The number of carbonyl (C=O) groups excluding carboxylic acids is 2. The van der Waals surface area contributed by atoms with E-state index in [0.29, 0.717) is 16.4 Å². The van der Waals surface area contributed by atoms with Crippen LogP contribution in [0.3, 0.4) is 0 Å². The predicted octanol–water partition coefficient (Wildman–Crippen LogP) is 3.79. The summed E-state index contributed by atoms with van der Waals surface area (Å²) < 4.78 is 12.8. The van der Waals surface area contributed by atoms with Gasteiger partial charge >= 0.3 is 0 Å². The fourth-order valence-corrected chi connectivity index (χ4v) is 2.61. The second-order valence-corrected chi connectivity index (χ2v) is 5.68. The maximum absolute atomic E-state index is 12.8. The van der Waals surface area contributed by atoms with Crippen LogP contribution in [0.5, 0.6) is 0 Å². The zero-order chi connectivity index (χ0) is 16.9. The summed E-state index contributed by atoms with van der Waals surface area (Å²) in [6.45, 7) is 0. The lowest BCUT2D eigenvalue weighted by Gasteiger charge is -2.03. The number of hydrogen-bond donors (Lipinski definition) is 2. The van der Waals surface area contributed by atoms with Crippen molar-refractivity contribution >= 4 is 34.0 Å². The third kappa shape index (κ3) is 3.82. The van der Waals surface area contributed by atoms with E-state index in [4.69, 9.17) is 0 Å². The van der Waals surface area contributed by atoms with Gasteiger partial charge in [0.25, 0.3) is 11.8 Å². The molecule has 0 aliphatic heterocycles. The van der Waals surface area contributed by atoms with Gasteiger partial charge in [-0.25, -0.2) is 9.37 Å². The van der Waals surface area contributed by atoms with E-state index in [2.05, 4.69) is 15.6 Å². The van der Waals surface area contributed by atoms with Gasteiger partial charge < -0.3 is 5.32 Å². The second kappa shape index (κ2) is 7.01. The first kappa shape index (κ1) is 15.8. The largest absolute Gasteiger partial charge is 0.321 e. The van der Waals surface area contributed by atoms with Crippen LogP contribution in [0.1, 0.15) is 20.8 Å². The summed E-state index contributed by atoms with van der Waals surface area (Å²) in [5.41, 5.74) is 1.14. The maximum atomic E-state index is 12.8. The summed E-state index contributed by atoms with van der Waals surface area (Å²) in [6, 6.07) is 14.1. The van der Waals surface area contributed by atoms with Crippen LogP contribution in [0.25, 0.3) is 0 Å². The van der Waals surface area contributed by atoms with Gasteiger partial charge in [-0.3, -0.25) is 14.9 Å². The summed E-state index contributed by atoms with van der Waals surface area (Å²) in [6.07, 6.45) is 0. The number of anilines is 2. The van der Waals surface area contributed by atoms with Crippen molar-refractivity contribution in [1.82, 2.24) is 4.98 Å². The summed E-state index contributed by atoms with van der Waals surface area (Å²) >= 11 is 1.15. The minimum absolute atomic E-state index is 0.174. The van der Waals surface area contributed by atoms with Gasteiger partial charge in [0, 0.05) is 16.6 Å². The van der Waals surface area contributed by atoms with Crippen LogP contribution in [-0.2, 0) is 0 Å². The summed E-state index contributed by atoms with van der Waals surface area (Å²) in [5.74, 6) is -1.11. The Bertz CT molecular complexity index is 863. The first-order valence-corrected chi connectivity index (χ1v) is 7.88. The quantitative estimate of drug-likeness (QED) is 0.758. The standard InChI is InChI=1S/C17H12FN3O2S/c18-12-6-8-13(9-7-12)19-16(23)14-10-24-17(20-14)21-15(22)11-4-2-1-3-5-11/h1-10H,(H,19,23)(H,20,21,22). The second-order valence-electron chi connectivity index (χ2n) is 4.82. The van der Waals surface area contributed by atoms with Crippen molar-refractivity contribution in [2.24, 2.45) is 0 Å². The lowest BCUT2D eigenvalue weighted by Crippen LogP contribution is -2.14. The van der Waals surface area contributed by atoms with Crippen LogP contribution < -0.4 is 10.6 Å². The molecule has 0 aliphatic carbocycles. The third-order valence-corrected chi connectivity index (χ3v) is 3.85. The molecule has 0 bridgehead atoms. The lowest BCUT2D eigenvalue weighted by atomic mass is 10.2. The number of aromatic nitrogens is 1. The summed E-state index contributed by atoms with van der Waals surface area (Å²) in [4.78, 5) is 28.2. The molecule has 2 amide bonds. The van der Waals surface area contributed by atoms with Gasteiger partial charge in [0.05, 0.1) is 0 Å². The molecule has 0 atom stereocenters. The fraction of sp³-hybridized carbons (Fsp3) is 0. The average Bonchev–Trinajstić information content (AvgIpc) is 3.06. The molecule has 3 rings (SSSR count). The smallest absolute Gasteiger partial charge is 0.275 e. The monoisotopic (exact) mass is 341 g/mol. The normalized spacial score (nSPS) is 10.2. The van der Waals surface area contributed by atoms with Crippen molar-refractivity contribution in [2.45, 2.75) is 0 Å². The molecule has 0 saturated carbocycles. The van der Waals surface area contributed by atoms with Crippen LogP contribution in [0.4, 0.5) is 15.2 Å². The number of amides is 2. The lowest BCUT2D eigenvalue weighted by molar-refractivity contribution is 0.101. The minimum Gasteiger partial charge on any atom is -0.321 e. The maximum Gasteiger partial charge on any atom is 0.275 e. The summed E-state index contributed by atoms with van der Waals surface area (Å²) in [7, 11) is 0. The van der Waals surface area contributed by atoms with Gasteiger partial charge in [-0.1, -0.05) is 18.2 Å². The Morgan fingerprint density at radius 2 is 1.62 bits per heavy atom. The summed E-state index contributed by atoms with van der Waals surface area (Å²) in [5, 5.41) is 7.12. The molecule has 0 spiro atoms. The van der Waals surface area contributed by atoms with E-state index in [-0.39, 0.29) is 17.4 Å². The van der Waals surface area contributed by atoms with Crippen molar-refractivity contribution in [3.8, 4) is 0 Å². The van der Waals surface area contributed by atoms with Crippen LogP contribution in [0, 0.1) is 5.82 Å². The molecule has 0 aliphatic rings. The zero-order valence-electron chi connectivity index (χ0n) is 12.3. The fourth-order valence-electron chi connectivity index (χ4n) is 1.92. The first-order chi connectivity index (χ1) is 11.6. The van der Waals surface area contributed by atoms with Crippen molar-refractivity contribution in [1.29, 1.82) is 0 Å². The molecule has 0 unspecified atom stereocenters. The van der Waals surface area contributed by atoms with Gasteiger partial charge in [0.2, 0.25) is 0 Å². The Morgan fingerprint density at radius 1 is 0.917 bits per heavy atom. The number of thiazole rings is 1. The molecule has 0 saturated heterocycles. The van der Waals surface area contributed by atoms with E-state index in [1.165, 1.54) is 24.3 Å². The van der Waals surface area contributed by atoms with Crippen molar-refractivity contribution < 1.29 is 14.0 Å². The first-order valence-electron chi connectivity index (χ1n) is 7.00. The number of halogens is 1. The molecule has 0 fully saturated rings. The molecule has 2 N–H and O–H groups in total. The molecule has 2 aromatic carbocycles. The molecule has 24 heavy (non-hydrogen) atoms. The molecule has 5 nitrogen and oxygen atoms in total. The topological polar surface area (TPSA) is 71.1 Å². The number of carbonyl (C=O) groups is 2. The molecule has 0 radical (unpaired) electrons. The van der Waals surface area contributed by atoms with E-state index < -0.39 is 5.91 Å². The average molecular weight is 341 g/mol. The van der Waals surface area contributed by atoms with Gasteiger partial charge in [-0.05, 0) is 36.4 Å². The van der Waals surface area contributed by atoms with Crippen LogP contribution in [0.15, 0.2) is 60.0 Å². The molecule has 120 valence electrons. The van der Waals surface area contributed by atoms with Crippen LogP contribution in [-0.4, -0.2) is 16.8 Å². The molecule has 1 aromatic heterocycles. The zero-order valence-corrected chi connectivity index (χ0v) is 13.1. The van der Waals surface area contributed by atoms with Gasteiger partial charge in [-0.2, -0.15) is 0 Å². The predicted molar refractivity (Wildman–Crippen MR) is 90.9 cm³/mol. The van der Waals surface area contributed by atoms with E-state index in [0.717, 1.165) is 11.3 Å². The van der Waals surface area contributed by atoms with Gasteiger partial charge in [0.1, 0.15) is 11.5 Å². The van der Waals surface area contributed by atoms with Gasteiger partial charge in [0.15, 0.2) is 5.13 Å². The van der Waals surface area contributed by atoms with Gasteiger partial charge in [-0.15, -0.1) is 11.3 Å². The number of rotatable bonds is 4. The minimum atomic E-state index is -0.432. The molecular weight excluding hydrogens is 329 g/mol. The number of nitrogens with zero attached hydrogens (tertiary/aromatic N) is 1. The van der Waals surface area contributed by atoms with Crippen molar-refractivity contribution in [2.75, 3.05) is 10.6 Å². The highest BCUT2D eigenvalue weighted by Gasteiger charge is 2.13. The highest BCUT2D eigenvalue weighted by molar-refractivity contribution is 7.14. The van der Waals surface area contributed by atoms with Crippen molar-refractivity contribution in [3.05, 3.63) is 77.1 Å². The molecule has 3 aromatic rings. The number of nitrogens with one attached hydrogen (secondary N) is 2. The molecule has 1 heterocycles.